The first-order chi connectivity index (χ1) is 4.86. The van der Waals surface area contributed by atoms with Gasteiger partial charge in [-0.3, -0.25) is 0 Å². The van der Waals surface area contributed by atoms with Crippen molar-refractivity contribution in [3.05, 3.63) is 12.5 Å². The quantitative estimate of drug-likeness (QED) is 0.547. The highest BCUT2D eigenvalue weighted by Gasteiger charge is 2.32. The third-order valence-electron chi connectivity index (χ3n) is 2.34. The van der Waals surface area contributed by atoms with E-state index in [0.717, 1.165) is 5.88 Å². The van der Waals surface area contributed by atoms with Crippen LogP contribution in [0.4, 0.5) is 0 Å². The summed E-state index contributed by atoms with van der Waals surface area (Å²) in [6, 6.07) is 0.571. The Hall–Kier alpha value is -0.660. The average Bonchev–Trinajstić information content (AvgIpc) is 2.27. The highest BCUT2D eigenvalue weighted by atomic mass is 16.5. The molecule has 0 radical (unpaired) electrons. The number of nitrogens with one attached hydrogen (secondary N) is 1. The van der Waals surface area contributed by atoms with Crippen LogP contribution in [0.5, 0.6) is 0 Å². The van der Waals surface area contributed by atoms with E-state index in [-0.39, 0.29) is 0 Å². The van der Waals surface area contributed by atoms with Gasteiger partial charge in [-0.05, 0) is 25.8 Å². The average molecular weight is 139 g/mol. The lowest BCUT2D eigenvalue weighted by Gasteiger charge is -2.21. The molecule has 2 heteroatoms. The van der Waals surface area contributed by atoms with Gasteiger partial charge in [-0.15, -0.1) is 0 Å². The molecule has 0 aromatic carbocycles. The standard InChI is InChI=1S/C8H13NO/c1-6-9-7-4-2-3-5-8(7)10-6/h7-9H,1-5H2. The molecule has 1 aliphatic carbocycles. The Kier molecular flexibility index (Phi) is 1.33. The molecule has 2 rings (SSSR count). The van der Waals surface area contributed by atoms with Crippen LogP contribution < -0.4 is 5.32 Å². The van der Waals surface area contributed by atoms with Crippen molar-refractivity contribution in [2.75, 3.05) is 0 Å². The molecule has 2 unspecified atom stereocenters. The van der Waals surface area contributed by atoms with Gasteiger partial charge in [0, 0.05) is 0 Å². The third kappa shape index (κ3) is 0.877. The number of rotatable bonds is 0. The molecule has 0 aromatic heterocycles. The molecule has 1 aliphatic heterocycles. The van der Waals surface area contributed by atoms with Crippen molar-refractivity contribution >= 4 is 0 Å². The summed E-state index contributed by atoms with van der Waals surface area (Å²) >= 11 is 0. The maximum atomic E-state index is 5.46. The van der Waals surface area contributed by atoms with Gasteiger partial charge in [-0.25, -0.2) is 0 Å². The molecular formula is C8H13NO. The van der Waals surface area contributed by atoms with E-state index in [4.69, 9.17) is 4.74 Å². The number of hydrogen-bond acceptors (Lipinski definition) is 2. The van der Waals surface area contributed by atoms with Crippen LogP contribution in [-0.4, -0.2) is 12.1 Å². The zero-order valence-electron chi connectivity index (χ0n) is 6.10. The van der Waals surface area contributed by atoms with Crippen LogP contribution in [0, 0.1) is 0 Å². The van der Waals surface area contributed by atoms with Gasteiger partial charge >= 0.3 is 0 Å². The SMILES string of the molecule is C=C1NC2CCCCC2O1. The Morgan fingerprint density at radius 2 is 2.20 bits per heavy atom. The van der Waals surface area contributed by atoms with E-state index in [2.05, 4.69) is 11.9 Å². The van der Waals surface area contributed by atoms with Crippen LogP contribution in [0.25, 0.3) is 0 Å². The minimum Gasteiger partial charge on any atom is -0.474 e. The fourth-order valence-electron chi connectivity index (χ4n) is 1.83. The third-order valence-corrected chi connectivity index (χ3v) is 2.34. The lowest BCUT2D eigenvalue weighted by atomic mass is 9.93. The number of hydrogen-bond donors (Lipinski definition) is 1. The molecule has 0 aromatic rings. The van der Waals surface area contributed by atoms with Crippen LogP contribution in [0.1, 0.15) is 25.7 Å². The molecule has 0 amide bonds. The van der Waals surface area contributed by atoms with E-state index in [1.165, 1.54) is 25.7 Å². The highest BCUT2D eigenvalue weighted by Crippen LogP contribution is 2.27. The molecule has 1 heterocycles. The van der Waals surface area contributed by atoms with Crippen LogP contribution in [0.3, 0.4) is 0 Å². The second-order valence-electron chi connectivity index (χ2n) is 3.11. The van der Waals surface area contributed by atoms with Crippen molar-refractivity contribution in [1.82, 2.24) is 5.32 Å². The Labute approximate surface area is 61.3 Å². The smallest absolute Gasteiger partial charge is 0.179 e. The normalized spacial score (nSPS) is 38.2. The van der Waals surface area contributed by atoms with E-state index in [9.17, 15) is 0 Å². The number of ether oxygens (including phenoxy) is 1. The topological polar surface area (TPSA) is 21.3 Å². The van der Waals surface area contributed by atoms with E-state index in [1.54, 1.807) is 0 Å². The summed E-state index contributed by atoms with van der Waals surface area (Å²) in [7, 11) is 0. The van der Waals surface area contributed by atoms with E-state index in [0.29, 0.717) is 12.1 Å². The van der Waals surface area contributed by atoms with E-state index in [1.807, 2.05) is 0 Å². The molecule has 1 saturated carbocycles. The van der Waals surface area contributed by atoms with Crippen molar-refractivity contribution < 1.29 is 4.74 Å². The fourth-order valence-corrected chi connectivity index (χ4v) is 1.83. The Morgan fingerprint density at radius 3 is 3.00 bits per heavy atom. The van der Waals surface area contributed by atoms with Gasteiger partial charge in [-0.2, -0.15) is 0 Å². The molecule has 0 bridgehead atoms. The minimum absolute atomic E-state index is 0.432. The lowest BCUT2D eigenvalue weighted by Crippen LogP contribution is -2.32. The summed E-state index contributed by atoms with van der Waals surface area (Å²) in [5.41, 5.74) is 0. The Bertz CT molecular complexity index is 139. The van der Waals surface area contributed by atoms with Crippen molar-refractivity contribution in [3.63, 3.8) is 0 Å². The second kappa shape index (κ2) is 2.19. The molecule has 1 N–H and O–H groups in total. The maximum Gasteiger partial charge on any atom is 0.179 e. The molecule has 0 spiro atoms. The van der Waals surface area contributed by atoms with Gasteiger partial charge in [0.15, 0.2) is 5.88 Å². The summed E-state index contributed by atoms with van der Waals surface area (Å²) in [4.78, 5) is 0. The minimum atomic E-state index is 0.432. The van der Waals surface area contributed by atoms with Crippen LogP contribution in [0.15, 0.2) is 12.5 Å². The van der Waals surface area contributed by atoms with Crippen molar-refractivity contribution in [1.29, 1.82) is 0 Å². The van der Waals surface area contributed by atoms with Crippen molar-refractivity contribution in [2.24, 2.45) is 0 Å². The molecule has 2 nitrogen and oxygen atoms in total. The summed E-state index contributed by atoms with van der Waals surface area (Å²) in [5.74, 6) is 0.775. The van der Waals surface area contributed by atoms with E-state index >= 15 is 0 Å². The highest BCUT2D eigenvalue weighted by molar-refractivity contribution is 4.98. The first-order valence-corrected chi connectivity index (χ1v) is 3.98. The predicted molar refractivity (Wildman–Crippen MR) is 39.4 cm³/mol. The second-order valence-corrected chi connectivity index (χ2v) is 3.11. The van der Waals surface area contributed by atoms with Gasteiger partial charge in [-0.1, -0.05) is 6.42 Å². The molecule has 10 heavy (non-hydrogen) atoms. The summed E-state index contributed by atoms with van der Waals surface area (Å²) < 4.78 is 5.46. The zero-order valence-corrected chi connectivity index (χ0v) is 6.10. The Balaban J connectivity index is 2.04. The zero-order chi connectivity index (χ0) is 6.97. The molecule has 56 valence electrons. The summed E-state index contributed by atoms with van der Waals surface area (Å²) in [6.45, 7) is 3.74. The van der Waals surface area contributed by atoms with Crippen molar-refractivity contribution in [2.45, 2.75) is 37.8 Å². The van der Waals surface area contributed by atoms with Gasteiger partial charge in [0.1, 0.15) is 6.10 Å². The van der Waals surface area contributed by atoms with Crippen molar-refractivity contribution in [3.8, 4) is 0 Å². The summed E-state index contributed by atoms with van der Waals surface area (Å²) in [6.07, 6.45) is 5.54. The molecular weight excluding hydrogens is 126 g/mol. The first kappa shape index (κ1) is 6.08. The summed E-state index contributed by atoms with van der Waals surface area (Å²) in [5, 5.41) is 3.24. The van der Waals surface area contributed by atoms with Gasteiger partial charge in [0.05, 0.1) is 6.04 Å². The largest absolute Gasteiger partial charge is 0.474 e. The van der Waals surface area contributed by atoms with E-state index < -0.39 is 0 Å². The van der Waals surface area contributed by atoms with Crippen LogP contribution >= 0.6 is 0 Å². The number of fused-ring (bicyclic) bond motifs is 1. The lowest BCUT2D eigenvalue weighted by molar-refractivity contribution is 0.121. The monoisotopic (exact) mass is 139 g/mol. The van der Waals surface area contributed by atoms with Crippen LogP contribution in [-0.2, 0) is 4.74 Å². The van der Waals surface area contributed by atoms with Gasteiger partial charge in [0.25, 0.3) is 0 Å². The molecule has 2 atom stereocenters. The maximum absolute atomic E-state index is 5.46. The fraction of sp³-hybridized carbons (Fsp3) is 0.750. The predicted octanol–water partition coefficient (Wildman–Crippen LogP) is 1.39. The Morgan fingerprint density at radius 1 is 1.40 bits per heavy atom. The molecule has 1 saturated heterocycles. The van der Waals surface area contributed by atoms with Gasteiger partial charge in [0.2, 0.25) is 0 Å². The molecule has 2 aliphatic rings. The van der Waals surface area contributed by atoms with Crippen LogP contribution in [0.2, 0.25) is 0 Å². The van der Waals surface area contributed by atoms with Gasteiger partial charge < -0.3 is 10.1 Å². The molecule has 2 fully saturated rings. The first-order valence-electron chi connectivity index (χ1n) is 3.98.